The predicted octanol–water partition coefficient (Wildman–Crippen LogP) is 0.665. The van der Waals surface area contributed by atoms with E-state index in [1.807, 2.05) is 31.0 Å². The van der Waals surface area contributed by atoms with Crippen LogP contribution in [-0.4, -0.2) is 46.0 Å². The minimum atomic E-state index is -0.203. The molecule has 0 aliphatic carbocycles. The van der Waals surface area contributed by atoms with Crippen LogP contribution in [0.3, 0.4) is 0 Å². The Morgan fingerprint density at radius 3 is 2.80 bits per heavy atom. The predicted molar refractivity (Wildman–Crippen MR) is 60.7 cm³/mol. The van der Waals surface area contributed by atoms with E-state index in [0.717, 1.165) is 25.9 Å². The van der Waals surface area contributed by atoms with Crippen LogP contribution in [0.5, 0.6) is 0 Å². The van der Waals surface area contributed by atoms with Crippen LogP contribution in [0.2, 0.25) is 0 Å². The van der Waals surface area contributed by atoms with Gasteiger partial charge in [-0.05, 0) is 32.4 Å². The van der Waals surface area contributed by atoms with Crippen LogP contribution in [0.1, 0.15) is 18.9 Å². The van der Waals surface area contributed by atoms with E-state index in [2.05, 4.69) is 17.0 Å². The molecule has 0 saturated carbocycles. The van der Waals surface area contributed by atoms with E-state index in [-0.39, 0.29) is 6.10 Å². The lowest BCUT2D eigenvalue weighted by atomic mass is 10.2. The zero-order chi connectivity index (χ0) is 11.3. The van der Waals surface area contributed by atoms with Crippen molar-refractivity contribution in [3.05, 3.63) is 18.0 Å². The van der Waals surface area contributed by atoms with Gasteiger partial charge in [-0.25, -0.2) is 0 Å². The molecule has 0 aromatic carbocycles. The third-order valence-electron chi connectivity index (χ3n) is 2.47. The van der Waals surface area contributed by atoms with Gasteiger partial charge >= 0.3 is 0 Å². The zero-order valence-corrected chi connectivity index (χ0v) is 9.85. The summed E-state index contributed by atoms with van der Waals surface area (Å²) in [5, 5.41) is 13.3. The maximum Gasteiger partial charge on any atom is 0.0524 e. The van der Waals surface area contributed by atoms with Gasteiger partial charge in [-0.15, -0.1) is 0 Å². The summed E-state index contributed by atoms with van der Waals surface area (Å²) in [6.45, 7) is 3.78. The van der Waals surface area contributed by atoms with Crippen molar-refractivity contribution < 1.29 is 5.11 Å². The van der Waals surface area contributed by atoms with Crippen molar-refractivity contribution in [3.8, 4) is 0 Å². The number of aliphatic hydroxyl groups excluding tert-OH is 1. The van der Waals surface area contributed by atoms with Crippen molar-refractivity contribution in [1.29, 1.82) is 0 Å². The second kappa shape index (κ2) is 5.88. The van der Waals surface area contributed by atoms with Gasteiger partial charge in [0.25, 0.3) is 0 Å². The Balaban J connectivity index is 2.19. The number of likely N-dealkylation sites (N-methyl/N-ethyl adjacent to an activating group) is 1. The van der Waals surface area contributed by atoms with Crippen LogP contribution < -0.4 is 0 Å². The first-order valence-electron chi connectivity index (χ1n) is 5.42. The van der Waals surface area contributed by atoms with E-state index in [4.69, 9.17) is 5.11 Å². The molecule has 4 nitrogen and oxygen atoms in total. The topological polar surface area (TPSA) is 41.3 Å². The first-order chi connectivity index (χ1) is 7.08. The molecule has 86 valence electrons. The summed E-state index contributed by atoms with van der Waals surface area (Å²) in [5.74, 6) is 0. The van der Waals surface area contributed by atoms with E-state index < -0.39 is 0 Å². The van der Waals surface area contributed by atoms with Gasteiger partial charge in [0.1, 0.15) is 0 Å². The van der Waals surface area contributed by atoms with Gasteiger partial charge in [0, 0.05) is 26.3 Å². The lowest BCUT2D eigenvalue weighted by Gasteiger charge is -2.16. The van der Waals surface area contributed by atoms with E-state index >= 15 is 0 Å². The van der Waals surface area contributed by atoms with Gasteiger partial charge in [-0.1, -0.05) is 0 Å². The largest absolute Gasteiger partial charge is 0.393 e. The van der Waals surface area contributed by atoms with Crippen LogP contribution >= 0.6 is 0 Å². The Morgan fingerprint density at radius 1 is 1.53 bits per heavy atom. The quantitative estimate of drug-likeness (QED) is 0.752. The summed E-state index contributed by atoms with van der Waals surface area (Å²) in [7, 11) is 4.01. The molecule has 1 N–H and O–H groups in total. The van der Waals surface area contributed by atoms with E-state index in [0.29, 0.717) is 0 Å². The molecular formula is C11H21N3O. The molecule has 0 fully saturated rings. The molecule has 15 heavy (non-hydrogen) atoms. The van der Waals surface area contributed by atoms with Crippen molar-refractivity contribution >= 4 is 0 Å². The molecule has 0 spiro atoms. The standard InChI is InChI=1S/C11H21N3O/c1-10(15)4-6-13(2)7-5-11-8-12-14(3)9-11/h8-10,15H,4-7H2,1-3H3. The number of aryl methyl sites for hydroxylation is 1. The van der Waals surface area contributed by atoms with Crippen molar-refractivity contribution in [3.63, 3.8) is 0 Å². The fourth-order valence-corrected chi connectivity index (χ4v) is 1.44. The lowest BCUT2D eigenvalue weighted by Crippen LogP contribution is -2.24. The number of hydrogen-bond acceptors (Lipinski definition) is 3. The maximum absolute atomic E-state index is 9.15. The van der Waals surface area contributed by atoms with E-state index in [1.54, 1.807) is 0 Å². The molecule has 0 saturated heterocycles. The van der Waals surface area contributed by atoms with E-state index in [9.17, 15) is 0 Å². The fourth-order valence-electron chi connectivity index (χ4n) is 1.44. The monoisotopic (exact) mass is 211 g/mol. The third kappa shape index (κ3) is 4.95. The summed E-state index contributed by atoms with van der Waals surface area (Å²) in [6.07, 6.45) is 5.60. The molecule has 1 aromatic rings. The highest BCUT2D eigenvalue weighted by molar-refractivity contribution is 5.03. The van der Waals surface area contributed by atoms with Crippen molar-refractivity contribution in [2.45, 2.75) is 25.9 Å². The summed E-state index contributed by atoms with van der Waals surface area (Å²) in [4.78, 5) is 2.24. The van der Waals surface area contributed by atoms with Crippen LogP contribution in [0, 0.1) is 0 Å². The average Bonchev–Trinajstić information content (AvgIpc) is 2.58. The average molecular weight is 211 g/mol. The third-order valence-corrected chi connectivity index (χ3v) is 2.47. The summed E-state index contributed by atoms with van der Waals surface area (Å²) >= 11 is 0. The van der Waals surface area contributed by atoms with Crippen LogP contribution in [0.15, 0.2) is 12.4 Å². The molecule has 0 aliphatic heterocycles. The first-order valence-corrected chi connectivity index (χ1v) is 5.42. The van der Waals surface area contributed by atoms with E-state index in [1.165, 1.54) is 5.56 Å². The van der Waals surface area contributed by atoms with Gasteiger partial charge in [0.15, 0.2) is 0 Å². The minimum Gasteiger partial charge on any atom is -0.393 e. The zero-order valence-electron chi connectivity index (χ0n) is 9.85. The van der Waals surface area contributed by atoms with Gasteiger partial charge in [-0.2, -0.15) is 5.10 Å². The van der Waals surface area contributed by atoms with Crippen molar-refractivity contribution in [2.24, 2.45) is 7.05 Å². The Kier molecular flexibility index (Phi) is 4.78. The molecule has 0 bridgehead atoms. The van der Waals surface area contributed by atoms with Crippen molar-refractivity contribution in [1.82, 2.24) is 14.7 Å². The molecule has 1 rings (SSSR count). The molecule has 4 heteroatoms. The number of rotatable bonds is 6. The minimum absolute atomic E-state index is 0.203. The first kappa shape index (κ1) is 12.2. The molecule has 1 aromatic heterocycles. The maximum atomic E-state index is 9.15. The molecule has 1 heterocycles. The van der Waals surface area contributed by atoms with Gasteiger partial charge in [-0.3, -0.25) is 4.68 Å². The molecule has 1 unspecified atom stereocenters. The number of hydrogen-bond donors (Lipinski definition) is 1. The molecular weight excluding hydrogens is 190 g/mol. The Hall–Kier alpha value is -0.870. The molecule has 1 atom stereocenters. The summed E-state index contributed by atoms with van der Waals surface area (Å²) < 4.78 is 1.82. The van der Waals surface area contributed by atoms with Crippen molar-refractivity contribution in [2.75, 3.05) is 20.1 Å². The van der Waals surface area contributed by atoms with Gasteiger partial charge < -0.3 is 10.0 Å². The SMILES string of the molecule is CC(O)CCN(C)CCc1cnn(C)c1. The Labute approximate surface area is 91.5 Å². The van der Waals surface area contributed by atoms with Gasteiger partial charge in [0.2, 0.25) is 0 Å². The second-order valence-electron chi connectivity index (χ2n) is 4.21. The number of aliphatic hydroxyl groups is 1. The number of nitrogens with zero attached hydrogens (tertiary/aromatic N) is 3. The normalized spacial score (nSPS) is 13.4. The molecule has 0 aliphatic rings. The van der Waals surface area contributed by atoms with Crippen LogP contribution in [0.25, 0.3) is 0 Å². The summed E-state index contributed by atoms with van der Waals surface area (Å²) in [6, 6.07) is 0. The highest BCUT2D eigenvalue weighted by Gasteiger charge is 2.02. The smallest absolute Gasteiger partial charge is 0.0524 e. The molecule has 0 amide bonds. The Morgan fingerprint density at radius 2 is 2.27 bits per heavy atom. The lowest BCUT2D eigenvalue weighted by molar-refractivity contribution is 0.165. The van der Waals surface area contributed by atoms with Crippen LogP contribution in [0.4, 0.5) is 0 Å². The number of aromatic nitrogens is 2. The second-order valence-corrected chi connectivity index (χ2v) is 4.21. The Bertz CT molecular complexity index is 283. The fraction of sp³-hybridized carbons (Fsp3) is 0.727. The summed E-state index contributed by atoms with van der Waals surface area (Å²) in [5.41, 5.74) is 1.27. The van der Waals surface area contributed by atoms with Gasteiger partial charge in [0.05, 0.1) is 12.3 Å². The highest BCUT2D eigenvalue weighted by Crippen LogP contribution is 2.00. The van der Waals surface area contributed by atoms with Crippen LogP contribution in [-0.2, 0) is 13.5 Å². The highest BCUT2D eigenvalue weighted by atomic mass is 16.3. The molecule has 0 radical (unpaired) electrons.